The first kappa shape index (κ1) is 12.6. The van der Waals surface area contributed by atoms with Crippen LogP contribution < -0.4 is 4.74 Å². The van der Waals surface area contributed by atoms with Gasteiger partial charge in [-0.3, -0.25) is 4.79 Å². The Kier molecular flexibility index (Phi) is 4.35. The van der Waals surface area contributed by atoms with Crippen LogP contribution in [0.2, 0.25) is 0 Å². The molecule has 0 aliphatic rings. The quantitative estimate of drug-likeness (QED) is 0.779. The number of rotatable bonds is 5. The SMILES string of the molecule is CCOc1cc(C=O)c(O)cc1CC(C)C. The minimum Gasteiger partial charge on any atom is -0.507 e. The lowest BCUT2D eigenvalue weighted by Crippen LogP contribution is -2.01. The molecule has 0 amide bonds. The Bertz CT molecular complexity index is 370. The van der Waals surface area contributed by atoms with Crippen LogP contribution in [0.3, 0.4) is 0 Å². The van der Waals surface area contributed by atoms with Crippen molar-refractivity contribution in [1.82, 2.24) is 0 Å². The van der Waals surface area contributed by atoms with Crippen LogP contribution in [0.25, 0.3) is 0 Å². The van der Waals surface area contributed by atoms with Gasteiger partial charge in [-0.25, -0.2) is 0 Å². The van der Waals surface area contributed by atoms with Crippen LogP contribution in [-0.4, -0.2) is 18.0 Å². The summed E-state index contributed by atoms with van der Waals surface area (Å²) in [5, 5.41) is 9.61. The summed E-state index contributed by atoms with van der Waals surface area (Å²) in [6.45, 7) is 6.64. The number of phenolic OH excluding ortho intramolecular Hbond substituents is 1. The van der Waals surface area contributed by atoms with Crippen molar-refractivity contribution < 1.29 is 14.6 Å². The molecule has 0 radical (unpaired) electrons. The fourth-order valence-corrected chi connectivity index (χ4v) is 1.61. The van der Waals surface area contributed by atoms with Gasteiger partial charge in [-0.2, -0.15) is 0 Å². The maximum absolute atomic E-state index is 10.7. The molecule has 0 unspecified atom stereocenters. The van der Waals surface area contributed by atoms with Gasteiger partial charge in [-0.15, -0.1) is 0 Å². The molecule has 0 fully saturated rings. The van der Waals surface area contributed by atoms with E-state index in [9.17, 15) is 9.90 Å². The van der Waals surface area contributed by atoms with E-state index >= 15 is 0 Å². The Balaban J connectivity index is 3.13. The maximum atomic E-state index is 10.7. The van der Waals surface area contributed by atoms with Gasteiger partial charge in [-0.1, -0.05) is 13.8 Å². The smallest absolute Gasteiger partial charge is 0.153 e. The van der Waals surface area contributed by atoms with Crippen molar-refractivity contribution in [3.63, 3.8) is 0 Å². The first-order chi connectivity index (χ1) is 7.58. The second-order valence-electron chi connectivity index (χ2n) is 4.17. The maximum Gasteiger partial charge on any atom is 0.153 e. The molecule has 0 saturated heterocycles. The van der Waals surface area contributed by atoms with E-state index in [1.165, 1.54) is 0 Å². The molecular weight excluding hydrogens is 204 g/mol. The molecule has 1 rings (SSSR count). The van der Waals surface area contributed by atoms with Crippen molar-refractivity contribution in [3.05, 3.63) is 23.3 Å². The molecule has 0 aliphatic heterocycles. The predicted molar refractivity (Wildman–Crippen MR) is 63.2 cm³/mol. The van der Waals surface area contributed by atoms with Gasteiger partial charge in [-0.05, 0) is 37.0 Å². The van der Waals surface area contributed by atoms with Crippen molar-refractivity contribution in [2.75, 3.05) is 6.61 Å². The summed E-state index contributed by atoms with van der Waals surface area (Å²) in [7, 11) is 0. The van der Waals surface area contributed by atoms with Crippen LogP contribution in [0.5, 0.6) is 11.5 Å². The van der Waals surface area contributed by atoms with Gasteiger partial charge in [0.15, 0.2) is 6.29 Å². The molecule has 0 saturated carbocycles. The standard InChI is InChI=1S/C13H18O3/c1-4-16-13-7-11(8-14)12(15)6-10(13)5-9(2)3/h6-9,15H,4-5H2,1-3H3. The third-order valence-corrected chi connectivity index (χ3v) is 2.26. The molecule has 0 spiro atoms. The molecule has 0 heterocycles. The molecule has 1 aromatic rings. The highest BCUT2D eigenvalue weighted by atomic mass is 16.5. The molecule has 3 nitrogen and oxygen atoms in total. The highest BCUT2D eigenvalue weighted by Crippen LogP contribution is 2.29. The van der Waals surface area contributed by atoms with E-state index in [1.54, 1.807) is 12.1 Å². The van der Waals surface area contributed by atoms with E-state index in [1.807, 2.05) is 6.92 Å². The third kappa shape index (κ3) is 2.99. The fraction of sp³-hybridized carbons (Fsp3) is 0.462. The summed E-state index contributed by atoms with van der Waals surface area (Å²) in [6, 6.07) is 3.22. The van der Waals surface area contributed by atoms with E-state index in [4.69, 9.17) is 4.74 Å². The van der Waals surface area contributed by atoms with E-state index in [0.29, 0.717) is 24.6 Å². The predicted octanol–water partition coefficient (Wildman–Crippen LogP) is 2.80. The van der Waals surface area contributed by atoms with Gasteiger partial charge >= 0.3 is 0 Å². The molecule has 16 heavy (non-hydrogen) atoms. The number of hydrogen-bond donors (Lipinski definition) is 1. The van der Waals surface area contributed by atoms with Gasteiger partial charge in [0.25, 0.3) is 0 Å². The van der Waals surface area contributed by atoms with Crippen molar-refractivity contribution in [2.45, 2.75) is 27.2 Å². The zero-order chi connectivity index (χ0) is 12.1. The molecule has 1 N–H and O–H groups in total. The van der Waals surface area contributed by atoms with Crippen molar-refractivity contribution in [2.24, 2.45) is 5.92 Å². The highest BCUT2D eigenvalue weighted by molar-refractivity contribution is 5.80. The van der Waals surface area contributed by atoms with Crippen LogP contribution in [0.4, 0.5) is 0 Å². The van der Waals surface area contributed by atoms with Gasteiger partial charge in [0.05, 0.1) is 12.2 Å². The first-order valence-corrected chi connectivity index (χ1v) is 5.52. The summed E-state index contributed by atoms with van der Waals surface area (Å²) in [6.07, 6.45) is 1.46. The number of carbonyl (C=O) groups excluding carboxylic acids is 1. The Morgan fingerprint density at radius 2 is 2.12 bits per heavy atom. The summed E-state index contributed by atoms with van der Waals surface area (Å²) in [5.74, 6) is 1.19. The average molecular weight is 222 g/mol. The largest absolute Gasteiger partial charge is 0.507 e. The molecule has 0 aliphatic carbocycles. The third-order valence-electron chi connectivity index (χ3n) is 2.26. The van der Waals surface area contributed by atoms with Crippen LogP contribution in [0.1, 0.15) is 36.7 Å². The second-order valence-corrected chi connectivity index (χ2v) is 4.17. The first-order valence-electron chi connectivity index (χ1n) is 5.52. The van der Waals surface area contributed by atoms with Crippen LogP contribution in [0.15, 0.2) is 12.1 Å². The second kappa shape index (κ2) is 5.54. The Hall–Kier alpha value is -1.51. The van der Waals surface area contributed by atoms with Gasteiger partial charge in [0.1, 0.15) is 11.5 Å². The molecule has 1 aromatic carbocycles. The molecule has 0 aromatic heterocycles. The number of hydrogen-bond acceptors (Lipinski definition) is 3. The van der Waals surface area contributed by atoms with E-state index in [-0.39, 0.29) is 11.3 Å². The molecular formula is C13H18O3. The number of carbonyl (C=O) groups is 1. The topological polar surface area (TPSA) is 46.5 Å². The summed E-state index contributed by atoms with van der Waals surface area (Å²) < 4.78 is 5.47. The summed E-state index contributed by atoms with van der Waals surface area (Å²) in [4.78, 5) is 10.7. The zero-order valence-corrected chi connectivity index (χ0v) is 9.99. The lowest BCUT2D eigenvalue weighted by atomic mass is 10.00. The van der Waals surface area contributed by atoms with Crippen LogP contribution in [0, 0.1) is 5.92 Å². The lowest BCUT2D eigenvalue weighted by Gasteiger charge is -2.13. The van der Waals surface area contributed by atoms with Crippen molar-refractivity contribution >= 4 is 6.29 Å². The number of benzene rings is 1. The Labute approximate surface area is 96.1 Å². The van der Waals surface area contributed by atoms with Crippen LogP contribution >= 0.6 is 0 Å². The summed E-state index contributed by atoms with van der Waals surface area (Å²) in [5.41, 5.74) is 1.22. The molecule has 3 heteroatoms. The number of ether oxygens (including phenoxy) is 1. The van der Waals surface area contributed by atoms with E-state index < -0.39 is 0 Å². The van der Waals surface area contributed by atoms with E-state index in [0.717, 1.165) is 12.0 Å². The highest BCUT2D eigenvalue weighted by Gasteiger charge is 2.11. The van der Waals surface area contributed by atoms with Gasteiger partial charge < -0.3 is 9.84 Å². The molecule has 0 bridgehead atoms. The molecule has 88 valence electrons. The fourth-order valence-electron chi connectivity index (χ4n) is 1.61. The van der Waals surface area contributed by atoms with E-state index in [2.05, 4.69) is 13.8 Å². The average Bonchev–Trinajstić information content (AvgIpc) is 2.21. The minimum atomic E-state index is 0.0223. The zero-order valence-electron chi connectivity index (χ0n) is 9.99. The lowest BCUT2D eigenvalue weighted by molar-refractivity contribution is 0.112. The Morgan fingerprint density at radius 1 is 1.44 bits per heavy atom. The van der Waals surface area contributed by atoms with Crippen molar-refractivity contribution in [1.29, 1.82) is 0 Å². The monoisotopic (exact) mass is 222 g/mol. The van der Waals surface area contributed by atoms with Crippen LogP contribution in [-0.2, 0) is 6.42 Å². The number of phenols is 1. The minimum absolute atomic E-state index is 0.0223. The van der Waals surface area contributed by atoms with Gasteiger partial charge in [0.2, 0.25) is 0 Å². The molecule has 0 atom stereocenters. The van der Waals surface area contributed by atoms with Crippen molar-refractivity contribution in [3.8, 4) is 11.5 Å². The normalized spacial score (nSPS) is 10.5. The summed E-state index contributed by atoms with van der Waals surface area (Å²) >= 11 is 0. The van der Waals surface area contributed by atoms with Gasteiger partial charge in [0, 0.05) is 0 Å². The Morgan fingerprint density at radius 3 is 2.62 bits per heavy atom. The number of aromatic hydroxyl groups is 1. The number of aldehydes is 1.